The zero-order valence-corrected chi connectivity index (χ0v) is 8.97. The monoisotopic (exact) mass is 214 g/mol. The summed E-state index contributed by atoms with van der Waals surface area (Å²) in [6.07, 6.45) is 7.16. The molecule has 1 aliphatic carbocycles. The summed E-state index contributed by atoms with van der Waals surface area (Å²) < 4.78 is 0. The van der Waals surface area contributed by atoms with Crippen LogP contribution in [0.3, 0.4) is 0 Å². The van der Waals surface area contributed by atoms with Crippen molar-refractivity contribution in [3.63, 3.8) is 0 Å². The van der Waals surface area contributed by atoms with Crippen molar-refractivity contribution in [1.29, 1.82) is 0 Å². The topological polar surface area (TPSA) is 37.3 Å². The maximum Gasteiger partial charge on any atom is 0.303 e. The van der Waals surface area contributed by atoms with Crippen LogP contribution in [0.2, 0.25) is 0 Å². The SMILES string of the molecule is O=C(O)C[C@H]1C=CC(c2ccccc2)=CC1. The smallest absolute Gasteiger partial charge is 0.303 e. The average molecular weight is 214 g/mol. The number of benzene rings is 1. The van der Waals surface area contributed by atoms with E-state index in [1.54, 1.807) is 0 Å². The fourth-order valence-electron chi connectivity index (χ4n) is 1.89. The third kappa shape index (κ3) is 2.60. The number of aliphatic carboxylic acids is 1. The quantitative estimate of drug-likeness (QED) is 0.839. The lowest BCUT2D eigenvalue weighted by atomic mass is 9.91. The molecule has 0 saturated heterocycles. The molecule has 82 valence electrons. The van der Waals surface area contributed by atoms with Gasteiger partial charge in [-0.15, -0.1) is 0 Å². The Hall–Kier alpha value is -1.83. The summed E-state index contributed by atoms with van der Waals surface area (Å²) in [4.78, 5) is 10.6. The first kappa shape index (κ1) is 10.7. The van der Waals surface area contributed by atoms with Gasteiger partial charge < -0.3 is 5.11 Å². The highest BCUT2D eigenvalue weighted by atomic mass is 16.4. The predicted octanol–water partition coefficient (Wildman–Crippen LogP) is 3.12. The third-order valence-corrected chi connectivity index (χ3v) is 2.73. The van der Waals surface area contributed by atoms with E-state index in [1.165, 1.54) is 11.1 Å². The molecule has 0 radical (unpaired) electrons. The van der Waals surface area contributed by atoms with Crippen LogP contribution >= 0.6 is 0 Å². The first-order chi connectivity index (χ1) is 7.75. The molecule has 0 heterocycles. The molecule has 0 aliphatic heterocycles. The van der Waals surface area contributed by atoms with Gasteiger partial charge in [-0.3, -0.25) is 4.79 Å². The van der Waals surface area contributed by atoms with Crippen LogP contribution in [0.15, 0.2) is 48.6 Å². The molecular formula is C14H14O2. The Morgan fingerprint density at radius 1 is 1.31 bits per heavy atom. The molecule has 1 atom stereocenters. The second kappa shape index (κ2) is 4.79. The van der Waals surface area contributed by atoms with Gasteiger partial charge in [-0.05, 0) is 23.5 Å². The number of hydrogen-bond donors (Lipinski definition) is 1. The van der Waals surface area contributed by atoms with Crippen molar-refractivity contribution in [2.45, 2.75) is 12.8 Å². The van der Waals surface area contributed by atoms with Gasteiger partial charge in [0, 0.05) is 0 Å². The lowest BCUT2D eigenvalue weighted by Crippen LogP contribution is -2.06. The maximum absolute atomic E-state index is 10.6. The molecule has 0 saturated carbocycles. The zero-order chi connectivity index (χ0) is 11.4. The molecule has 1 aromatic rings. The molecule has 16 heavy (non-hydrogen) atoms. The van der Waals surface area contributed by atoms with Crippen LogP contribution < -0.4 is 0 Å². The molecule has 0 bridgehead atoms. The summed E-state index contributed by atoms with van der Waals surface area (Å²) in [5, 5.41) is 8.69. The highest BCUT2D eigenvalue weighted by molar-refractivity contribution is 5.75. The van der Waals surface area contributed by atoms with Gasteiger partial charge in [0.2, 0.25) is 0 Å². The van der Waals surface area contributed by atoms with Crippen LogP contribution in [0.5, 0.6) is 0 Å². The average Bonchev–Trinajstić information content (AvgIpc) is 2.30. The lowest BCUT2D eigenvalue weighted by molar-refractivity contribution is -0.137. The van der Waals surface area contributed by atoms with Crippen molar-refractivity contribution < 1.29 is 9.90 Å². The minimum atomic E-state index is -0.730. The number of rotatable bonds is 3. The maximum atomic E-state index is 10.6. The zero-order valence-electron chi connectivity index (χ0n) is 8.97. The van der Waals surface area contributed by atoms with E-state index in [1.807, 2.05) is 30.4 Å². The van der Waals surface area contributed by atoms with Crippen molar-refractivity contribution >= 4 is 11.5 Å². The van der Waals surface area contributed by atoms with Crippen LogP contribution in [0, 0.1) is 5.92 Å². The largest absolute Gasteiger partial charge is 0.481 e. The highest BCUT2D eigenvalue weighted by Crippen LogP contribution is 2.25. The van der Waals surface area contributed by atoms with Gasteiger partial charge in [-0.1, -0.05) is 48.6 Å². The van der Waals surface area contributed by atoms with Gasteiger partial charge in [0.1, 0.15) is 0 Å². The number of carboxylic acid groups (broad SMARTS) is 1. The van der Waals surface area contributed by atoms with Gasteiger partial charge in [0.25, 0.3) is 0 Å². The van der Waals surface area contributed by atoms with E-state index < -0.39 is 5.97 Å². The fraction of sp³-hybridized carbons (Fsp3) is 0.214. The molecule has 2 heteroatoms. The Kier molecular flexibility index (Phi) is 3.20. The molecule has 0 fully saturated rings. The van der Waals surface area contributed by atoms with E-state index in [0.717, 1.165) is 6.42 Å². The molecular weight excluding hydrogens is 200 g/mol. The normalized spacial score (nSPS) is 19.2. The van der Waals surface area contributed by atoms with E-state index in [9.17, 15) is 4.79 Å². The van der Waals surface area contributed by atoms with Crippen LogP contribution in [0.1, 0.15) is 18.4 Å². The summed E-state index contributed by atoms with van der Waals surface area (Å²) in [7, 11) is 0. The molecule has 2 nitrogen and oxygen atoms in total. The second-order valence-electron chi connectivity index (χ2n) is 3.98. The van der Waals surface area contributed by atoms with Gasteiger partial charge in [0.15, 0.2) is 0 Å². The Labute approximate surface area is 94.9 Å². The minimum absolute atomic E-state index is 0.143. The first-order valence-electron chi connectivity index (χ1n) is 5.41. The van der Waals surface area contributed by atoms with Gasteiger partial charge in [-0.2, -0.15) is 0 Å². The molecule has 0 aromatic heterocycles. The van der Waals surface area contributed by atoms with Crippen LogP contribution in [0.25, 0.3) is 5.57 Å². The first-order valence-corrected chi connectivity index (χ1v) is 5.41. The van der Waals surface area contributed by atoms with Gasteiger partial charge in [-0.25, -0.2) is 0 Å². The summed E-state index contributed by atoms with van der Waals surface area (Å²) in [6, 6.07) is 10.1. The van der Waals surface area contributed by atoms with Crippen LogP contribution in [-0.4, -0.2) is 11.1 Å². The van der Waals surface area contributed by atoms with Crippen LogP contribution in [0.4, 0.5) is 0 Å². The van der Waals surface area contributed by atoms with Crippen molar-refractivity contribution in [3.05, 3.63) is 54.1 Å². The Morgan fingerprint density at radius 3 is 2.62 bits per heavy atom. The minimum Gasteiger partial charge on any atom is -0.481 e. The van der Waals surface area contributed by atoms with E-state index >= 15 is 0 Å². The summed E-state index contributed by atoms with van der Waals surface area (Å²) >= 11 is 0. The Morgan fingerprint density at radius 2 is 2.06 bits per heavy atom. The number of carbonyl (C=O) groups is 1. The van der Waals surface area contributed by atoms with E-state index in [2.05, 4.69) is 18.2 Å². The van der Waals surface area contributed by atoms with E-state index in [0.29, 0.717) is 0 Å². The molecule has 1 N–H and O–H groups in total. The van der Waals surface area contributed by atoms with E-state index in [4.69, 9.17) is 5.11 Å². The number of allylic oxidation sites excluding steroid dienone is 4. The lowest BCUT2D eigenvalue weighted by Gasteiger charge is -2.14. The predicted molar refractivity (Wildman–Crippen MR) is 63.9 cm³/mol. The fourth-order valence-corrected chi connectivity index (χ4v) is 1.89. The van der Waals surface area contributed by atoms with Crippen molar-refractivity contribution in [3.8, 4) is 0 Å². The van der Waals surface area contributed by atoms with E-state index in [-0.39, 0.29) is 12.3 Å². The highest BCUT2D eigenvalue weighted by Gasteiger charge is 2.12. The second-order valence-corrected chi connectivity index (χ2v) is 3.98. The number of carboxylic acids is 1. The molecule has 1 aromatic carbocycles. The standard InChI is InChI=1S/C14H14O2/c15-14(16)10-11-6-8-13(9-7-11)12-4-2-1-3-5-12/h1-6,8-9,11H,7,10H2,(H,15,16)/t11-/m0/s1. The van der Waals surface area contributed by atoms with Gasteiger partial charge >= 0.3 is 5.97 Å². The summed E-state index contributed by atoms with van der Waals surface area (Å²) in [5.74, 6) is -0.587. The van der Waals surface area contributed by atoms with Gasteiger partial charge in [0.05, 0.1) is 6.42 Å². The molecule has 1 aliphatic rings. The summed E-state index contributed by atoms with van der Waals surface area (Å²) in [5.41, 5.74) is 2.37. The Balaban J connectivity index is 2.05. The molecule has 0 amide bonds. The molecule has 2 rings (SSSR count). The molecule has 0 spiro atoms. The van der Waals surface area contributed by atoms with Crippen LogP contribution in [-0.2, 0) is 4.79 Å². The van der Waals surface area contributed by atoms with Crippen molar-refractivity contribution in [2.24, 2.45) is 5.92 Å². The number of hydrogen-bond acceptors (Lipinski definition) is 1. The van der Waals surface area contributed by atoms with Crippen molar-refractivity contribution in [1.82, 2.24) is 0 Å². The van der Waals surface area contributed by atoms with Crippen molar-refractivity contribution in [2.75, 3.05) is 0 Å². The molecule has 0 unspecified atom stereocenters. The Bertz CT molecular complexity index is 429. The summed E-state index contributed by atoms with van der Waals surface area (Å²) in [6.45, 7) is 0. The third-order valence-electron chi connectivity index (χ3n) is 2.73.